The van der Waals surface area contributed by atoms with Crippen molar-refractivity contribution in [2.75, 3.05) is 0 Å². The number of benzene rings is 6. The number of furan rings is 1. The van der Waals surface area contributed by atoms with Crippen LogP contribution >= 0.6 is 0 Å². The van der Waals surface area contributed by atoms with Gasteiger partial charge in [0.2, 0.25) is 0 Å². The van der Waals surface area contributed by atoms with Gasteiger partial charge in [-0.3, -0.25) is 9.97 Å². The van der Waals surface area contributed by atoms with Gasteiger partial charge in [-0.15, -0.1) is 0 Å². The van der Waals surface area contributed by atoms with Crippen LogP contribution < -0.4 is 0 Å². The monoisotopic (exact) mass is 548 g/mol. The molecule has 6 aromatic carbocycles. The van der Waals surface area contributed by atoms with E-state index in [0.717, 1.165) is 55.2 Å². The molecule has 3 nitrogen and oxygen atoms in total. The van der Waals surface area contributed by atoms with Gasteiger partial charge >= 0.3 is 0 Å². The molecule has 0 fully saturated rings. The molecule has 9 aromatic rings. The Kier molecular flexibility index (Phi) is 5.20. The van der Waals surface area contributed by atoms with E-state index in [9.17, 15) is 0 Å². The van der Waals surface area contributed by atoms with Gasteiger partial charge in [0.15, 0.2) is 0 Å². The molecule has 0 aliphatic carbocycles. The average molecular weight is 549 g/mol. The molecule has 9 rings (SSSR count). The Labute approximate surface area is 247 Å². The quantitative estimate of drug-likeness (QED) is 0.206. The molecule has 0 spiro atoms. The first kappa shape index (κ1) is 23.9. The Bertz CT molecular complexity index is 2450. The highest BCUT2D eigenvalue weighted by Crippen LogP contribution is 2.44. The second-order valence-electron chi connectivity index (χ2n) is 11.0. The summed E-state index contributed by atoms with van der Waals surface area (Å²) in [5.41, 5.74) is 9.35. The van der Waals surface area contributed by atoms with E-state index in [0.29, 0.717) is 0 Å². The first-order chi connectivity index (χ1) is 21.3. The number of aromatic nitrogens is 2. The average Bonchev–Trinajstić information content (AvgIpc) is 3.45. The summed E-state index contributed by atoms with van der Waals surface area (Å²) >= 11 is 0. The third kappa shape index (κ3) is 3.75. The summed E-state index contributed by atoms with van der Waals surface area (Å²) in [6.07, 6.45) is 3.90. The fraction of sp³-hybridized carbons (Fsp3) is 0. The number of nitrogens with zero attached hydrogens (tertiary/aromatic N) is 2. The topological polar surface area (TPSA) is 38.9 Å². The van der Waals surface area contributed by atoms with Crippen molar-refractivity contribution in [1.82, 2.24) is 9.97 Å². The van der Waals surface area contributed by atoms with Gasteiger partial charge in [-0.05, 0) is 74.6 Å². The van der Waals surface area contributed by atoms with Crippen molar-refractivity contribution >= 4 is 54.4 Å². The normalized spacial score (nSPS) is 11.7. The molecule has 0 saturated carbocycles. The molecule has 0 N–H and O–H groups in total. The van der Waals surface area contributed by atoms with E-state index in [4.69, 9.17) is 9.40 Å². The molecule has 0 radical (unpaired) electrons. The maximum atomic E-state index is 6.29. The molecule has 0 amide bonds. The third-order valence-electron chi connectivity index (χ3n) is 8.54. The highest BCUT2D eigenvalue weighted by molar-refractivity contribution is 6.22. The minimum Gasteiger partial charge on any atom is -0.456 e. The second kappa shape index (κ2) is 9.37. The van der Waals surface area contributed by atoms with Crippen molar-refractivity contribution in [3.63, 3.8) is 0 Å². The Hall–Kier alpha value is -5.80. The number of rotatable bonds is 3. The largest absolute Gasteiger partial charge is 0.456 e. The maximum Gasteiger partial charge on any atom is 0.136 e. The first-order valence-electron chi connectivity index (χ1n) is 14.5. The highest BCUT2D eigenvalue weighted by atomic mass is 16.3. The first-order valence-corrected chi connectivity index (χ1v) is 14.5. The van der Waals surface area contributed by atoms with Crippen molar-refractivity contribution in [3.05, 3.63) is 146 Å². The number of pyridine rings is 2. The van der Waals surface area contributed by atoms with Crippen LogP contribution in [0, 0.1) is 0 Å². The van der Waals surface area contributed by atoms with Gasteiger partial charge in [-0.2, -0.15) is 0 Å². The van der Waals surface area contributed by atoms with Crippen molar-refractivity contribution < 1.29 is 4.42 Å². The molecule has 43 heavy (non-hydrogen) atoms. The molecule has 0 bridgehead atoms. The second-order valence-corrected chi connectivity index (χ2v) is 11.0. The highest BCUT2D eigenvalue weighted by Gasteiger charge is 2.18. The van der Waals surface area contributed by atoms with E-state index >= 15 is 0 Å². The van der Waals surface area contributed by atoms with Crippen LogP contribution in [0.4, 0.5) is 0 Å². The molecular weight excluding hydrogens is 524 g/mol. The summed E-state index contributed by atoms with van der Waals surface area (Å²) in [6.45, 7) is 0. The van der Waals surface area contributed by atoms with E-state index in [-0.39, 0.29) is 0 Å². The zero-order chi connectivity index (χ0) is 28.3. The maximum absolute atomic E-state index is 6.29. The Morgan fingerprint density at radius 2 is 0.977 bits per heavy atom. The summed E-state index contributed by atoms with van der Waals surface area (Å²) in [7, 11) is 0. The number of hydrogen-bond acceptors (Lipinski definition) is 3. The Balaban J connectivity index is 1.24. The Morgan fingerprint density at radius 1 is 0.395 bits per heavy atom. The predicted molar refractivity (Wildman–Crippen MR) is 178 cm³/mol. The fourth-order valence-corrected chi connectivity index (χ4v) is 6.56. The van der Waals surface area contributed by atoms with Gasteiger partial charge in [0, 0.05) is 39.7 Å². The van der Waals surface area contributed by atoms with Crippen molar-refractivity contribution in [2.24, 2.45) is 0 Å². The number of hydrogen-bond donors (Lipinski definition) is 0. The molecule has 3 heterocycles. The molecule has 0 aliphatic heterocycles. The van der Waals surface area contributed by atoms with Gasteiger partial charge < -0.3 is 4.42 Å². The third-order valence-corrected chi connectivity index (χ3v) is 8.54. The predicted octanol–water partition coefficient (Wildman–Crippen LogP) is 10.8. The van der Waals surface area contributed by atoms with Crippen LogP contribution in [-0.2, 0) is 0 Å². The van der Waals surface area contributed by atoms with Crippen LogP contribution in [0.25, 0.3) is 87.9 Å². The minimum absolute atomic E-state index is 0.902. The van der Waals surface area contributed by atoms with Crippen LogP contribution in [0.2, 0.25) is 0 Å². The number of para-hydroxylation sites is 2. The molecule has 200 valence electrons. The van der Waals surface area contributed by atoms with Crippen LogP contribution in [0.15, 0.2) is 150 Å². The Morgan fingerprint density at radius 3 is 1.70 bits per heavy atom. The van der Waals surface area contributed by atoms with E-state index in [1.807, 2.05) is 42.7 Å². The molecule has 0 unspecified atom stereocenters. The standard InChI is InChI=1S/C40H24N2O/c1-7-15-35-25(9-1)21-28(24-42-35)36-20-18-27(23-41-36)40-33-13-4-2-11-31(33)39(32-12-3-5-14-34(32)40)26-17-19-30-29-10-6-8-16-37(29)43-38(30)22-26/h1-24H. The smallest absolute Gasteiger partial charge is 0.136 e. The lowest BCUT2D eigenvalue weighted by Crippen LogP contribution is -1.92. The van der Waals surface area contributed by atoms with Gasteiger partial charge in [0.1, 0.15) is 11.2 Å². The van der Waals surface area contributed by atoms with E-state index in [1.165, 1.54) is 32.7 Å². The van der Waals surface area contributed by atoms with E-state index < -0.39 is 0 Å². The van der Waals surface area contributed by atoms with E-state index in [1.54, 1.807) is 0 Å². The number of fused-ring (bicyclic) bond motifs is 6. The van der Waals surface area contributed by atoms with Crippen LogP contribution in [-0.4, -0.2) is 9.97 Å². The summed E-state index contributed by atoms with van der Waals surface area (Å²) in [4.78, 5) is 9.57. The van der Waals surface area contributed by atoms with Crippen molar-refractivity contribution in [3.8, 4) is 33.5 Å². The fourth-order valence-electron chi connectivity index (χ4n) is 6.56. The molecule has 0 atom stereocenters. The summed E-state index contributed by atoms with van der Waals surface area (Å²) in [6, 6.07) is 46.9. The lowest BCUT2D eigenvalue weighted by atomic mass is 9.86. The van der Waals surface area contributed by atoms with Crippen molar-refractivity contribution in [2.45, 2.75) is 0 Å². The zero-order valence-electron chi connectivity index (χ0n) is 23.2. The SMILES string of the molecule is c1ccc2ncc(-c3ccc(-c4c5ccccc5c(-c5ccc6c(c5)oc5ccccc56)c5ccccc45)cn3)cc2c1. The molecular formula is C40H24N2O. The van der Waals surface area contributed by atoms with Crippen LogP contribution in [0.5, 0.6) is 0 Å². The molecule has 3 aromatic heterocycles. The molecule has 3 heteroatoms. The van der Waals surface area contributed by atoms with Crippen LogP contribution in [0.3, 0.4) is 0 Å². The lowest BCUT2D eigenvalue weighted by Gasteiger charge is -2.17. The molecule has 0 aliphatic rings. The van der Waals surface area contributed by atoms with Gasteiger partial charge in [-0.1, -0.05) is 97.1 Å². The summed E-state index contributed by atoms with van der Waals surface area (Å²) in [5.74, 6) is 0. The van der Waals surface area contributed by atoms with Crippen molar-refractivity contribution in [1.29, 1.82) is 0 Å². The zero-order valence-corrected chi connectivity index (χ0v) is 23.2. The minimum atomic E-state index is 0.902. The summed E-state index contributed by atoms with van der Waals surface area (Å²) in [5, 5.41) is 8.19. The van der Waals surface area contributed by atoms with Gasteiger partial charge in [0.25, 0.3) is 0 Å². The van der Waals surface area contributed by atoms with E-state index in [2.05, 4.69) is 108 Å². The van der Waals surface area contributed by atoms with Gasteiger partial charge in [0.05, 0.1) is 11.2 Å². The summed E-state index contributed by atoms with van der Waals surface area (Å²) < 4.78 is 6.29. The molecule has 0 saturated heterocycles. The van der Waals surface area contributed by atoms with Gasteiger partial charge in [-0.25, -0.2) is 0 Å². The lowest BCUT2D eigenvalue weighted by molar-refractivity contribution is 0.669. The van der Waals surface area contributed by atoms with Crippen LogP contribution in [0.1, 0.15) is 0 Å².